The van der Waals surface area contributed by atoms with E-state index in [1.165, 1.54) is 0 Å². The zero-order chi connectivity index (χ0) is 17.1. The highest BCUT2D eigenvalue weighted by Gasteiger charge is 2.18. The number of H-pyrrole nitrogens is 1. The van der Waals surface area contributed by atoms with Gasteiger partial charge in [0.2, 0.25) is 0 Å². The molecule has 126 valence electrons. The Bertz CT molecular complexity index is 914. The molecule has 3 rings (SSSR count). The molecule has 0 amide bonds. The van der Waals surface area contributed by atoms with Crippen LogP contribution in [0.1, 0.15) is 17.6 Å². The Balaban J connectivity index is 2.21. The average Bonchev–Trinajstić information content (AvgIpc) is 2.99. The standard InChI is InChI=1S/C18H20N2O3S/c1-4-13-15(11-6-5-7-12(10-11)23-3)16-17(21)19-14(8-9-22-2)20-18(16)24-13/h5-7,10H,4,8-9H2,1-3H3,(H,19,20,21). The second-order valence-electron chi connectivity index (χ2n) is 5.42. The molecule has 24 heavy (non-hydrogen) atoms. The topological polar surface area (TPSA) is 64.2 Å². The summed E-state index contributed by atoms with van der Waals surface area (Å²) in [6.45, 7) is 2.62. The largest absolute Gasteiger partial charge is 0.497 e. The highest BCUT2D eigenvalue weighted by molar-refractivity contribution is 7.19. The fourth-order valence-electron chi connectivity index (χ4n) is 2.75. The van der Waals surface area contributed by atoms with Crippen molar-refractivity contribution < 1.29 is 9.47 Å². The molecule has 0 spiro atoms. The average molecular weight is 344 g/mol. The summed E-state index contributed by atoms with van der Waals surface area (Å²) in [5.74, 6) is 1.44. The smallest absolute Gasteiger partial charge is 0.260 e. The molecule has 0 saturated heterocycles. The van der Waals surface area contributed by atoms with Crippen LogP contribution in [-0.2, 0) is 17.6 Å². The summed E-state index contributed by atoms with van der Waals surface area (Å²) in [5.41, 5.74) is 1.85. The number of aromatic nitrogens is 2. The molecule has 1 N–H and O–H groups in total. The van der Waals surface area contributed by atoms with E-state index in [1.807, 2.05) is 24.3 Å². The number of nitrogens with one attached hydrogen (secondary N) is 1. The van der Waals surface area contributed by atoms with Crippen LogP contribution in [0.25, 0.3) is 21.3 Å². The molecule has 3 aromatic rings. The van der Waals surface area contributed by atoms with E-state index < -0.39 is 0 Å². The number of hydrogen-bond donors (Lipinski definition) is 1. The van der Waals surface area contributed by atoms with Crippen molar-refractivity contribution in [2.24, 2.45) is 0 Å². The van der Waals surface area contributed by atoms with Gasteiger partial charge < -0.3 is 14.5 Å². The molecule has 0 radical (unpaired) electrons. The summed E-state index contributed by atoms with van der Waals surface area (Å²) in [5, 5.41) is 0.659. The molecule has 0 aliphatic heterocycles. The van der Waals surface area contributed by atoms with Gasteiger partial charge in [-0.3, -0.25) is 4.79 Å². The molecule has 0 atom stereocenters. The molecule has 5 nitrogen and oxygen atoms in total. The number of fused-ring (bicyclic) bond motifs is 1. The van der Waals surface area contributed by atoms with Crippen molar-refractivity contribution in [1.29, 1.82) is 0 Å². The van der Waals surface area contributed by atoms with Gasteiger partial charge in [-0.2, -0.15) is 0 Å². The van der Waals surface area contributed by atoms with Crippen LogP contribution in [0.4, 0.5) is 0 Å². The third-order valence-corrected chi connectivity index (χ3v) is 5.13. The van der Waals surface area contributed by atoms with Gasteiger partial charge in [0.05, 0.1) is 19.1 Å². The van der Waals surface area contributed by atoms with Crippen molar-refractivity contribution in [2.45, 2.75) is 19.8 Å². The van der Waals surface area contributed by atoms with Crippen molar-refractivity contribution in [3.8, 4) is 16.9 Å². The lowest BCUT2D eigenvalue weighted by atomic mass is 10.0. The van der Waals surface area contributed by atoms with Gasteiger partial charge in [-0.15, -0.1) is 11.3 Å². The summed E-state index contributed by atoms with van der Waals surface area (Å²) in [7, 11) is 3.28. The number of methoxy groups -OCH3 is 2. The van der Waals surface area contributed by atoms with Crippen LogP contribution in [0, 0.1) is 0 Å². The SMILES string of the molecule is CCc1sc2nc(CCOC)[nH]c(=O)c2c1-c1cccc(OC)c1. The normalized spacial score (nSPS) is 11.1. The van der Waals surface area contributed by atoms with Crippen LogP contribution in [0.2, 0.25) is 0 Å². The van der Waals surface area contributed by atoms with E-state index in [-0.39, 0.29) is 5.56 Å². The lowest BCUT2D eigenvalue weighted by Gasteiger charge is -2.06. The maximum atomic E-state index is 12.7. The number of aromatic amines is 1. The highest BCUT2D eigenvalue weighted by atomic mass is 32.1. The summed E-state index contributed by atoms with van der Waals surface area (Å²) in [6.07, 6.45) is 1.44. The first-order valence-electron chi connectivity index (χ1n) is 7.85. The van der Waals surface area contributed by atoms with Crippen LogP contribution in [0.15, 0.2) is 29.1 Å². The highest BCUT2D eigenvalue weighted by Crippen LogP contribution is 2.37. The third-order valence-electron chi connectivity index (χ3n) is 3.91. The summed E-state index contributed by atoms with van der Waals surface area (Å²) in [6, 6.07) is 7.79. The van der Waals surface area contributed by atoms with E-state index in [4.69, 9.17) is 9.47 Å². The monoisotopic (exact) mass is 344 g/mol. The zero-order valence-electron chi connectivity index (χ0n) is 14.0. The molecule has 0 aliphatic carbocycles. The fourth-order valence-corrected chi connectivity index (χ4v) is 3.90. The molecule has 0 bridgehead atoms. The number of nitrogens with zero attached hydrogens (tertiary/aromatic N) is 1. The van der Waals surface area contributed by atoms with E-state index in [9.17, 15) is 4.79 Å². The lowest BCUT2D eigenvalue weighted by molar-refractivity contribution is 0.200. The second kappa shape index (κ2) is 7.15. The van der Waals surface area contributed by atoms with Gasteiger partial charge in [0.15, 0.2) is 0 Å². The quantitative estimate of drug-likeness (QED) is 0.744. The number of ether oxygens (including phenoxy) is 2. The Kier molecular flexibility index (Phi) is 4.97. The van der Waals surface area contributed by atoms with E-state index in [2.05, 4.69) is 16.9 Å². The minimum Gasteiger partial charge on any atom is -0.497 e. The Hall–Kier alpha value is -2.18. The maximum Gasteiger partial charge on any atom is 0.260 e. The Morgan fingerprint density at radius 2 is 2.12 bits per heavy atom. The summed E-state index contributed by atoms with van der Waals surface area (Å²) in [4.78, 5) is 22.1. The molecule has 2 aromatic heterocycles. The first kappa shape index (κ1) is 16.7. The molecule has 6 heteroatoms. The lowest BCUT2D eigenvalue weighted by Crippen LogP contribution is -2.12. The molecule has 0 aliphatic rings. The minimum absolute atomic E-state index is 0.0973. The molecule has 0 unspecified atom stereocenters. The summed E-state index contributed by atoms with van der Waals surface area (Å²) < 4.78 is 10.4. The molecule has 2 heterocycles. The van der Waals surface area contributed by atoms with Crippen molar-refractivity contribution in [1.82, 2.24) is 9.97 Å². The van der Waals surface area contributed by atoms with Crippen LogP contribution in [-0.4, -0.2) is 30.8 Å². The van der Waals surface area contributed by atoms with Crippen LogP contribution >= 0.6 is 11.3 Å². The molecule has 0 saturated carbocycles. The first-order valence-corrected chi connectivity index (χ1v) is 8.67. The Morgan fingerprint density at radius 3 is 2.83 bits per heavy atom. The number of thiophene rings is 1. The van der Waals surface area contributed by atoms with Gasteiger partial charge in [0.1, 0.15) is 16.4 Å². The van der Waals surface area contributed by atoms with Crippen molar-refractivity contribution in [3.05, 3.63) is 45.3 Å². The van der Waals surface area contributed by atoms with E-state index >= 15 is 0 Å². The van der Waals surface area contributed by atoms with Gasteiger partial charge in [0, 0.05) is 24.0 Å². The van der Waals surface area contributed by atoms with E-state index in [0.29, 0.717) is 24.2 Å². The van der Waals surface area contributed by atoms with Gasteiger partial charge in [-0.1, -0.05) is 19.1 Å². The number of aryl methyl sites for hydroxylation is 1. The fraction of sp³-hybridized carbons (Fsp3) is 0.333. The first-order chi connectivity index (χ1) is 11.7. The predicted octanol–water partition coefficient (Wildman–Crippen LogP) is 3.41. The Morgan fingerprint density at radius 1 is 1.29 bits per heavy atom. The molecular formula is C18H20N2O3S. The number of rotatable bonds is 6. The maximum absolute atomic E-state index is 12.7. The van der Waals surface area contributed by atoms with Crippen molar-refractivity contribution >= 4 is 21.6 Å². The molecule has 0 fully saturated rings. The molecular weight excluding hydrogens is 324 g/mol. The van der Waals surface area contributed by atoms with Gasteiger partial charge >= 0.3 is 0 Å². The van der Waals surface area contributed by atoms with Gasteiger partial charge in [-0.05, 0) is 24.1 Å². The third kappa shape index (κ3) is 3.07. The number of benzene rings is 1. The van der Waals surface area contributed by atoms with Crippen LogP contribution in [0.5, 0.6) is 5.75 Å². The van der Waals surface area contributed by atoms with Crippen LogP contribution in [0.3, 0.4) is 0 Å². The van der Waals surface area contributed by atoms with Gasteiger partial charge in [-0.25, -0.2) is 4.98 Å². The van der Waals surface area contributed by atoms with Crippen LogP contribution < -0.4 is 10.3 Å². The summed E-state index contributed by atoms with van der Waals surface area (Å²) >= 11 is 1.58. The van der Waals surface area contributed by atoms with Crippen molar-refractivity contribution in [3.63, 3.8) is 0 Å². The molecule has 1 aromatic carbocycles. The second-order valence-corrected chi connectivity index (χ2v) is 6.50. The predicted molar refractivity (Wildman–Crippen MR) is 97.2 cm³/mol. The Labute approximate surface area is 144 Å². The van der Waals surface area contributed by atoms with E-state index in [0.717, 1.165) is 33.0 Å². The van der Waals surface area contributed by atoms with Crippen molar-refractivity contribution in [2.75, 3.05) is 20.8 Å². The zero-order valence-corrected chi connectivity index (χ0v) is 14.8. The number of hydrogen-bond acceptors (Lipinski definition) is 5. The van der Waals surface area contributed by atoms with E-state index in [1.54, 1.807) is 25.6 Å². The minimum atomic E-state index is -0.0973. The van der Waals surface area contributed by atoms with Gasteiger partial charge in [0.25, 0.3) is 5.56 Å².